The summed E-state index contributed by atoms with van der Waals surface area (Å²) in [4.78, 5) is 19.4. The van der Waals surface area contributed by atoms with Crippen molar-refractivity contribution in [3.63, 3.8) is 0 Å². The van der Waals surface area contributed by atoms with Crippen molar-refractivity contribution in [1.29, 1.82) is 0 Å². The number of urea groups is 1. The van der Waals surface area contributed by atoms with E-state index in [1.807, 2.05) is 39.0 Å². The molecule has 2 heterocycles. The largest absolute Gasteiger partial charge is 0.324 e. The molecule has 1 N–H and O–H groups in total. The molecule has 0 fully saturated rings. The summed E-state index contributed by atoms with van der Waals surface area (Å²) in [5.41, 5.74) is 1.74. The Morgan fingerprint density at radius 3 is 2.81 bits per heavy atom. The Balaban J connectivity index is 1.95. The molecule has 0 saturated heterocycles. The normalized spacial score (nSPS) is 10.7. The first-order chi connectivity index (χ1) is 9.95. The van der Waals surface area contributed by atoms with Crippen LogP contribution in [0, 0.1) is 6.92 Å². The summed E-state index contributed by atoms with van der Waals surface area (Å²) in [6.07, 6.45) is 0. The fourth-order valence-corrected chi connectivity index (χ4v) is 1.69. The van der Waals surface area contributed by atoms with Crippen LogP contribution in [0.5, 0.6) is 0 Å². The lowest BCUT2D eigenvalue weighted by molar-refractivity contribution is 0.220. The molecule has 2 amide bonds. The van der Waals surface area contributed by atoms with Gasteiger partial charge in [0.05, 0.1) is 18.3 Å². The Hall–Kier alpha value is -2.51. The summed E-state index contributed by atoms with van der Waals surface area (Å²) in [5, 5.41) is 14.3. The van der Waals surface area contributed by atoms with Crippen LogP contribution in [-0.2, 0) is 6.54 Å². The summed E-state index contributed by atoms with van der Waals surface area (Å²) in [5.74, 6) is 0.192. The van der Waals surface area contributed by atoms with Crippen molar-refractivity contribution in [3.05, 3.63) is 29.6 Å². The number of hydrogen-bond donors (Lipinski definition) is 1. The minimum absolute atomic E-state index is 0.0948. The number of carbonyl (C=O) groups is 1. The van der Waals surface area contributed by atoms with Gasteiger partial charge in [0.25, 0.3) is 5.95 Å². The minimum atomic E-state index is -0.304. The maximum atomic E-state index is 12.1. The molecule has 0 aliphatic rings. The van der Waals surface area contributed by atoms with E-state index in [0.29, 0.717) is 6.54 Å². The van der Waals surface area contributed by atoms with E-state index < -0.39 is 0 Å². The summed E-state index contributed by atoms with van der Waals surface area (Å²) in [7, 11) is 1.69. The Labute approximate surface area is 123 Å². The van der Waals surface area contributed by atoms with E-state index in [1.165, 1.54) is 9.70 Å². The van der Waals surface area contributed by atoms with E-state index in [-0.39, 0.29) is 18.0 Å². The van der Waals surface area contributed by atoms with Gasteiger partial charge in [-0.05, 0) is 38.1 Å². The molecule has 0 unspecified atom stereocenters. The molecule has 112 valence electrons. The van der Waals surface area contributed by atoms with Crippen molar-refractivity contribution in [2.45, 2.75) is 33.4 Å². The van der Waals surface area contributed by atoms with E-state index >= 15 is 0 Å². The first-order valence-electron chi connectivity index (χ1n) is 6.70. The smallest absolute Gasteiger partial charge is 0.322 e. The van der Waals surface area contributed by atoms with Crippen LogP contribution in [-0.4, -0.2) is 43.2 Å². The highest BCUT2D eigenvalue weighted by atomic mass is 16.2. The molecule has 0 bridgehead atoms. The van der Waals surface area contributed by atoms with Gasteiger partial charge in [-0.2, -0.15) is 4.80 Å². The molecule has 8 nitrogen and oxygen atoms in total. The fourth-order valence-electron chi connectivity index (χ4n) is 1.69. The number of rotatable bonds is 4. The maximum absolute atomic E-state index is 12.1. The topological polar surface area (TPSA) is 88.8 Å². The number of tetrazole rings is 1. The van der Waals surface area contributed by atoms with Crippen molar-refractivity contribution in [2.24, 2.45) is 0 Å². The fraction of sp³-hybridized carbons (Fsp3) is 0.462. The van der Waals surface area contributed by atoms with Gasteiger partial charge in [0.1, 0.15) is 0 Å². The number of amides is 2. The monoisotopic (exact) mass is 289 g/mol. The lowest BCUT2D eigenvalue weighted by atomic mass is 10.3. The molecular formula is C13H19N7O. The zero-order valence-electron chi connectivity index (χ0n) is 12.6. The molecule has 0 aliphatic carbocycles. The summed E-state index contributed by atoms with van der Waals surface area (Å²) in [6, 6.07) is 5.50. The highest BCUT2D eigenvalue weighted by Crippen LogP contribution is 2.05. The predicted molar refractivity (Wildman–Crippen MR) is 77.7 cm³/mol. The highest BCUT2D eigenvalue weighted by molar-refractivity contribution is 5.86. The third kappa shape index (κ3) is 3.98. The number of hydrogen-bond acceptors (Lipinski definition) is 5. The average Bonchev–Trinajstić information content (AvgIpc) is 2.87. The first kappa shape index (κ1) is 14.9. The number of nitrogens with zero attached hydrogens (tertiary/aromatic N) is 6. The second-order valence-corrected chi connectivity index (χ2v) is 5.08. The van der Waals surface area contributed by atoms with Crippen LogP contribution >= 0.6 is 0 Å². The van der Waals surface area contributed by atoms with E-state index in [4.69, 9.17) is 0 Å². The molecule has 0 saturated carbocycles. The number of aryl methyl sites for hydroxylation is 1. The number of anilines is 1. The van der Waals surface area contributed by atoms with E-state index in [0.717, 1.165) is 11.4 Å². The SMILES string of the molecule is Cc1cccc(CN(C)C(=O)Nc2nnn(C(C)C)n2)n1. The van der Waals surface area contributed by atoms with Gasteiger partial charge in [-0.1, -0.05) is 11.2 Å². The Morgan fingerprint density at radius 1 is 1.43 bits per heavy atom. The van der Waals surface area contributed by atoms with Crippen LogP contribution in [0.1, 0.15) is 31.3 Å². The van der Waals surface area contributed by atoms with Crippen LogP contribution < -0.4 is 5.32 Å². The molecule has 0 radical (unpaired) electrons. The second-order valence-electron chi connectivity index (χ2n) is 5.08. The zero-order valence-corrected chi connectivity index (χ0v) is 12.6. The van der Waals surface area contributed by atoms with Gasteiger partial charge in [-0.15, -0.1) is 5.10 Å². The van der Waals surface area contributed by atoms with Crippen molar-refractivity contribution in [2.75, 3.05) is 12.4 Å². The van der Waals surface area contributed by atoms with E-state index in [9.17, 15) is 4.79 Å². The molecule has 0 aromatic carbocycles. The first-order valence-corrected chi connectivity index (χ1v) is 6.70. The molecule has 0 atom stereocenters. The average molecular weight is 289 g/mol. The Kier molecular flexibility index (Phi) is 4.46. The lowest BCUT2D eigenvalue weighted by Gasteiger charge is -2.16. The third-order valence-corrected chi connectivity index (χ3v) is 2.80. The number of pyridine rings is 1. The van der Waals surface area contributed by atoms with Crippen molar-refractivity contribution >= 4 is 12.0 Å². The molecule has 21 heavy (non-hydrogen) atoms. The van der Waals surface area contributed by atoms with Crippen molar-refractivity contribution in [1.82, 2.24) is 30.1 Å². The number of nitrogens with one attached hydrogen (secondary N) is 1. The quantitative estimate of drug-likeness (QED) is 0.924. The molecule has 0 aliphatic heterocycles. The van der Waals surface area contributed by atoms with Crippen LogP contribution in [0.2, 0.25) is 0 Å². The molecule has 2 aromatic rings. The van der Waals surface area contributed by atoms with E-state index in [1.54, 1.807) is 7.05 Å². The predicted octanol–water partition coefficient (Wildman–Crippen LogP) is 1.62. The van der Waals surface area contributed by atoms with Crippen LogP contribution in [0.4, 0.5) is 10.7 Å². The molecule has 2 rings (SSSR count). The van der Waals surface area contributed by atoms with Crippen molar-refractivity contribution < 1.29 is 4.79 Å². The van der Waals surface area contributed by atoms with Gasteiger partial charge >= 0.3 is 6.03 Å². The van der Waals surface area contributed by atoms with Gasteiger partial charge in [0.15, 0.2) is 0 Å². The molecular weight excluding hydrogens is 270 g/mol. The standard InChI is InChI=1S/C13H19N7O/c1-9(2)20-17-12(16-18-20)15-13(21)19(4)8-11-7-5-6-10(3)14-11/h5-7,9H,8H2,1-4H3,(H,15,17,21). The van der Waals surface area contributed by atoms with Crippen LogP contribution in [0.3, 0.4) is 0 Å². The Bertz CT molecular complexity index is 622. The summed E-state index contributed by atoms with van der Waals surface area (Å²) < 4.78 is 0. The van der Waals surface area contributed by atoms with E-state index in [2.05, 4.69) is 25.7 Å². The highest BCUT2D eigenvalue weighted by Gasteiger charge is 2.13. The van der Waals surface area contributed by atoms with Gasteiger partial charge < -0.3 is 4.90 Å². The maximum Gasteiger partial charge on any atom is 0.324 e. The zero-order chi connectivity index (χ0) is 15.4. The van der Waals surface area contributed by atoms with Crippen LogP contribution in [0.25, 0.3) is 0 Å². The van der Waals surface area contributed by atoms with Gasteiger partial charge in [-0.3, -0.25) is 10.3 Å². The van der Waals surface area contributed by atoms with Gasteiger partial charge in [0.2, 0.25) is 0 Å². The molecule has 8 heteroatoms. The number of carbonyl (C=O) groups excluding carboxylic acids is 1. The van der Waals surface area contributed by atoms with Gasteiger partial charge in [-0.25, -0.2) is 4.79 Å². The van der Waals surface area contributed by atoms with Crippen molar-refractivity contribution in [3.8, 4) is 0 Å². The second kappa shape index (κ2) is 6.29. The van der Waals surface area contributed by atoms with Gasteiger partial charge in [0, 0.05) is 12.7 Å². The van der Waals surface area contributed by atoms with Crippen LogP contribution in [0.15, 0.2) is 18.2 Å². The summed E-state index contributed by atoms with van der Waals surface area (Å²) >= 11 is 0. The third-order valence-electron chi connectivity index (χ3n) is 2.80. The molecule has 0 spiro atoms. The number of aromatic nitrogens is 5. The Morgan fingerprint density at radius 2 is 2.19 bits per heavy atom. The molecule has 2 aromatic heterocycles. The lowest BCUT2D eigenvalue weighted by Crippen LogP contribution is -2.31. The summed E-state index contributed by atoms with van der Waals surface area (Å²) in [6.45, 7) is 6.19. The minimum Gasteiger partial charge on any atom is -0.322 e.